The summed E-state index contributed by atoms with van der Waals surface area (Å²) in [6.45, 7) is 9.53. The molecule has 380 valence electrons. The molecule has 3 saturated carbocycles. The first kappa shape index (κ1) is 57.9. The number of hydrogen-bond donors (Lipinski definition) is 0. The van der Waals surface area contributed by atoms with E-state index in [2.05, 4.69) is 32.9 Å². The van der Waals surface area contributed by atoms with Crippen molar-refractivity contribution in [2.75, 3.05) is 47.1 Å². The molecular weight excluding hydrogens is 807 g/mol. The van der Waals surface area contributed by atoms with Crippen LogP contribution < -0.4 is 0 Å². The van der Waals surface area contributed by atoms with Crippen LogP contribution in [0.5, 0.6) is 0 Å². The maximum atomic E-state index is 13.4. The van der Waals surface area contributed by atoms with Crippen molar-refractivity contribution in [3.63, 3.8) is 0 Å². The van der Waals surface area contributed by atoms with Crippen molar-refractivity contribution >= 4 is 11.9 Å². The van der Waals surface area contributed by atoms with Gasteiger partial charge in [0.1, 0.15) is 18.8 Å². The number of hydrogen-bond acceptors (Lipinski definition) is 7. The standard InChI is InChI=1S/C58H107NO6/c1-6-9-12-14-20-27-33-49-44-51(49)35-29-22-16-18-24-31-42-62-47-54(63-43-32-25-19-17-23-30-36-52-45-50(52)34-28-21-15-13-10-7-2)48-64-58(61)46-53-38-39-56(55(53)37-26-11-8-3)65-57(60)40-41-59(4)5/h11,26,49-56H,6-10,12-25,27-48H2,1-5H3/b26-11-. The van der Waals surface area contributed by atoms with Crippen LogP contribution in [0.2, 0.25) is 0 Å². The van der Waals surface area contributed by atoms with Gasteiger partial charge in [-0.25, -0.2) is 0 Å². The zero-order valence-electron chi connectivity index (χ0n) is 43.7. The number of carbonyl (C=O) groups excluding carboxylic acids is 2. The Hall–Kier alpha value is -1.44. The third-order valence-corrected chi connectivity index (χ3v) is 15.4. The van der Waals surface area contributed by atoms with Crippen molar-refractivity contribution in [1.29, 1.82) is 0 Å². The fraction of sp³-hybridized carbons (Fsp3) is 0.931. The van der Waals surface area contributed by atoms with Crippen molar-refractivity contribution in [3.05, 3.63) is 12.2 Å². The number of rotatable bonds is 46. The first-order valence-corrected chi connectivity index (χ1v) is 28.7. The lowest BCUT2D eigenvalue weighted by Crippen LogP contribution is -2.30. The van der Waals surface area contributed by atoms with Crippen LogP contribution in [0.4, 0.5) is 0 Å². The van der Waals surface area contributed by atoms with E-state index in [0.29, 0.717) is 32.6 Å². The van der Waals surface area contributed by atoms with Crippen LogP contribution in [0.1, 0.15) is 252 Å². The summed E-state index contributed by atoms with van der Waals surface area (Å²) in [5, 5.41) is 0. The molecule has 0 bridgehead atoms. The first-order chi connectivity index (χ1) is 31.8. The van der Waals surface area contributed by atoms with E-state index >= 15 is 0 Å². The van der Waals surface area contributed by atoms with E-state index in [1.807, 2.05) is 19.0 Å². The Balaban J connectivity index is 1.30. The molecule has 7 heteroatoms. The van der Waals surface area contributed by atoms with Gasteiger partial charge in [-0.3, -0.25) is 9.59 Å². The molecule has 0 aliphatic heterocycles. The number of ether oxygens (including phenoxy) is 4. The number of nitrogens with zero attached hydrogens (tertiary/aromatic N) is 1. The smallest absolute Gasteiger partial charge is 0.307 e. The van der Waals surface area contributed by atoms with Gasteiger partial charge >= 0.3 is 11.9 Å². The molecule has 8 atom stereocenters. The molecule has 0 aromatic carbocycles. The van der Waals surface area contributed by atoms with Crippen LogP contribution in [0.3, 0.4) is 0 Å². The molecule has 8 unspecified atom stereocenters. The summed E-state index contributed by atoms with van der Waals surface area (Å²) in [5.41, 5.74) is 0. The highest BCUT2D eigenvalue weighted by Gasteiger charge is 2.39. The van der Waals surface area contributed by atoms with Gasteiger partial charge in [-0.05, 0) is 95.1 Å². The molecule has 0 amide bonds. The SMILES string of the molecule is CC/C=C\CC1C(CC(=O)OCC(COCCCCCCCCC2CC2CCCCCCCC)OCCCCCCCCC2CC2CCCCCCCC)CCC1OC(=O)CCN(C)C. The molecule has 0 spiro atoms. The topological polar surface area (TPSA) is 74.3 Å². The van der Waals surface area contributed by atoms with Crippen molar-refractivity contribution in [1.82, 2.24) is 4.90 Å². The molecule has 0 heterocycles. The second kappa shape index (κ2) is 38.4. The molecule has 0 N–H and O–H groups in total. The second-order valence-electron chi connectivity index (χ2n) is 21.6. The van der Waals surface area contributed by atoms with Gasteiger partial charge < -0.3 is 23.8 Å². The normalized spacial score (nSPS) is 23.1. The lowest BCUT2D eigenvalue weighted by molar-refractivity contribution is -0.152. The summed E-state index contributed by atoms with van der Waals surface area (Å²) in [6.07, 6.45) is 49.4. The zero-order chi connectivity index (χ0) is 46.6. The highest BCUT2D eigenvalue weighted by molar-refractivity contribution is 5.70. The third-order valence-electron chi connectivity index (χ3n) is 15.4. The molecule has 0 radical (unpaired) electrons. The minimum absolute atomic E-state index is 0.134. The maximum Gasteiger partial charge on any atom is 0.307 e. The van der Waals surface area contributed by atoms with Crippen LogP contribution in [0.25, 0.3) is 0 Å². The largest absolute Gasteiger partial charge is 0.463 e. The van der Waals surface area contributed by atoms with E-state index in [9.17, 15) is 9.59 Å². The average molecular weight is 914 g/mol. The first-order valence-electron chi connectivity index (χ1n) is 28.7. The van der Waals surface area contributed by atoms with Crippen LogP contribution in [0.15, 0.2) is 12.2 Å². The number of esters is 2. The van der Waals surface area contributed by atoms with E-state index in [0.717, 1.165) is 68.8 Å². The third kappa shape index (κ3) is 29.9. The Labute approximate surface area is 402 Å². The number of allylic oxidation sites excluding steroid dienone is 2. The highest BCUT2D eigenvalue weighted by atomic mass is 16.6. The lowest BCUT2D eigenvalue weighted by atomic mass is 9.88. The summed E-state index contributed by atoms with van der Waals surface area (Å²) >= 11 is 0. The van der Waals surface area contributed by atoms with Gasteiger partial charge in [0.15, 0.2) is 0 Å². The molecule has 0 aromatic heterocycles. The molecule has 7 nitrogen and oxygen atoms in total. The molecule has 3 aliphatic carbocycles. The molecule has 0 aromatic rings. The molecule has 3 fully saturated rings. The fourth-order valence-electron chi connectivity index (χ4n) is 10.8. The minimum atomic E-state index is -0.244. The van der Waals surface area contributed by atoms with Gasteiger partial charge in [0, 0.05) is 32.1 Å². The summed E-state index contributed by atoms with van der Waals surface area (Å²) in [5.74, 6) is 4.12. The Bertz CT molecular complexity index is 1170. The van der Waals surface area contributed by atoms with E-state index in [1.54, 1.807) is 0 Å². The summed E-state index contributed by atoms with van der Waals surface area (Å²) in [6, 6.07) is 0. The molecular formula is C58H107NO6. The number of carbonyl (C=O) groups is 2. The van der Waals surface area contributed by atoms with Gasteiger partial charge in [0.25, 0.3) is 0 Å². The van der Waals surface area contributed by atoms with Crippen molar-refractivity contribution in [2.24, 2.45) is 35.5 Å². The van der Waals surface area contributed by atoms with E-state index < -0.39 is 0 Å². The zero-order valence-corrected chi connectivity index (χ0v) is 43.7. The Kier molecular flexibility index (Phi) is 34.2. The van der Waals surface area contributed by atoms with Crippen LogP contribution in [-0.4, -0.2) is 76.1 Å². The summed E-state index contributed by atoms with van der Waals surface area (Å²) in [4.78, 5) is 28.0. The maximum absolute atomic E-state index is 13.4. The monoisotopic (exact) mass is 914 g/mol. The van der Waals surface area contributed by atoms with E-state index in [1.165, 1.54) is 180 Å². The number of unbranched alkanes of at least 4 members (excludes halogenated alkanes) is 20. The van der Waals surface area contributed by atoms with E-state index in [4.69, 9.17) is 18.9 Å². The van der Waals surface area contributed by atoms with Crippen molar-refractivity contribution in [3.8, 4) is 0 Å². The lowest BCUT2D eigenvalue weighted by Gasteiger charge is -2.24. The summed E-state index contributed by atoms with van der Waals surface area (Å²) < 4.78 is 24.5. The molecule has 65 heavy (non-hydrogen) atoms. The Morgan fingerprint density at radius 3 is 1.55 bits per heavy atom. The summed E-state index contributed by atoms with van der Waals surface area (Å²) in [7, 11) is 3.94. The molecule has 3 rings (SSSR count). The fourth-order valence-corrected chi connectivity index (χ4v) is 10.8. The predicted molar refractivity (Wildman–Crippen MR) is 273 cm³/mol. The Morgan fingerprint density at radius 2 is 1.05 bits per heavy atom. The van der Waals surface area contributed by atoms with Crippen LogP contribution in [-0.2, 0) is 28.5 Å². The quantitative estimate of drug-likeness (QED) is 0.0342. The average Bonchev–Trinajstić information content (AvgIpc) is 4.21. The van der Waals surface area contributed by atoms with Gasteiger partial charge in [-0.2, -0.15) is 0 Å². The predicted octanol–water partition coefficient (Wildman–Crippen LogP) is 15.8. The van der Waals surface area contributed by atoms with Gasteiger partial charge in [-0.1, -0.05) is 200 Å². The van der Waals surface area contributed by atoms with Crippen LogP contribution in [0, 0.1) is 35.5 Å². The van der Waals surface area contributed by atoms with Gasteiger partial charge in [0.2, 0.25) is 0 Å². The van der Waals surface area contributed by atoms with Gasteiger partial charge in [0.05, 0.1) is 13.0 Å². The molecule has 3 aliphatic rings. The van der Waals surface area contributed by atoms with Crippen molar-refractivity contribution in [2.45, 2.75) is 264 Å². The minimum Gasteiger partial charge on any atom is -0.463 e. The van der Waals surface area contributed by atoms with Crippen LogP contribution >= 0.6 is 0 Å². The highest BCUT2D eigenvalue weighted by Crippen LogP contribution is 2.47. The second-order valence-corrected chi connectivity index (χ2v) is 21.6. The van der Waals surface area contributed by atoms with Gasteiger partial charge in [-0.15, -0.1) is 0 Å². The molecule has 0 saturated heterocycles. The van der Waals surface area contributed by atoms with E-state index in [-0.39, 0.29) is 42.6 Å². The Morgan fingerprint density at radius 1 is 0.554 bits per heavy atom. The van der Waals surface area contributed by atoms with Crippen molar-refractivity contribution < 1.29 is 28.5 Å².